The van der Waals surface area contributed by atoms with Crippen molar-refractivity contribution in [2.75, 3.05) is 39.3 Å². The van der Waals surface area contributed by atoms with E-state index in [0.717, 1.165) is 57.7 Å². The van der Waals surface area contributed by atoms with Crippen molar-refractivity contribution >= 4 is 11.9 Å². The number of ether oxygens (including phenoxy) is 1. The molecule has 0 unspecified atom stereocenters. The maximum Gasteiger partial charge on any atom is 0.317 e. The van der Waals surface area contributed by atoms with Gasteiger partial charge in [0.15, 0.2) is 0 Å². The third-order valence-electron chi connectivity index (χ3n) is 6.57. The summed E-state index contributed by atoms with van der Waals surface area (Å²) in [5, 5.41) is 3.09. The normalized spacial score (nSPS) is 22.4. The van der Waals surface area contributed by atoms with E-state index in [0.29, 0.717) is 30.3 Å². The highest BCUT2D eigenvalue weighted by Crippen LogP contribution is 2.36. The van der Waals surface area contributed by atoms with Crippen LogP contribution < -0.4 is 10.1 Å². The second-order valence-corrected chi connectivity index (χ2v) is 9.21. The predicted molar refractivity (Wildman–Crippen MR) is 118 cm³/mol. The second kappa shape index (κ2) is 10.7. The fraction of sp³-hybridized carbons (Fsp3) is 0.667. The zero-order valence-corrected chi connectivity index (χ0v) is 18.7. The van der Waals surface area contributed by atoms with Gasteiger partial charge in [0.05, 0.1) is 6.61 Å². The third-order valence-corrected chi connectivity index (χ3v) is 6.57. The van der Waals surface area contributed by atoms with E-state index in [9.17, 15) is 9.59 Å². The highest BCUT2D eigenvalue weighted by atomic mass is 16.5. The number of rotatable bonds is 7. The summed E-state index contributed by atoms with van der Waals surface area (Å²) in [7, 11) is 0. The first-order chi connectivity index (χ1) is 14.4. The smallest absolute Gasteiger partial charge is 0.317 e. The number of nitrogens with zero attached hydrogens (tertiary/aromatic N) is 2. The molecule has 0 aromatic heterocycles. The first kappa shape index (κ1) is 22.4. The number of para-hydroxylation sites is 1. The molecule has 6 heteroatoms. The lowest BCUT2D eigenvalue weighted by Crippen LogP contribution is -2.41. The zero-order chi connectivity index (χ0) is 21.5. The van der Waals surface area contributed by atoms with Gasteiger partial charge in [0.2, 0.25) is 5.91 Å². The number of hydrogen-bond acceptors (Lipinski definition) is 3. The Hall–Kier alpha value is -2.24. The number of carbonyl (C=O) groups is 2. The molecule has 3 amide bonds. The molecule has 2 fully saturated rings. The molecule has 1 aromatic rings. The Morgan fingerprint density at radius 3 is 2.43 bits per heavy atom. The van der Waals surface area contributed by atoms with E-state index >= 15 is 0 Å². The van der Waals surface area contributed by atoms with Crippen molar-refractivity contribution in [3.63, 3.8) is 0 Å². The number of nitrogens with one attached hydrogen (secondary N) is 1. The molecule has 1 aromatic carbocycles. The summed E-state index contributed by atoms with van der Waals surface area (Å²) < 4.78 is 6.09. The summed E-state index contributed by atoms with van der Waals surface area (Å²) >= 11 is 0. The molecule has 2 aliphatic rings. The van der Waals surface area contributed by atoms with Gasteiger partial charge < -0.3 is 19.9 Å². The molecule has 0 spiro atoms. The van der Waals surface area contributed by atoms with Crippen molar-refractivity contribution in [2.24, 2.45) is 23.7 Å². The van der Waals surface area contributed by atoms with Crippen LogP contribution in [0.15, 0.2) is 30.3 Å². The monoisotopic (exact) mass is 415 g/mol. The highest BCUT2D eigenvalue weighted by Gasteiger charge is 2.41. The Bertz CT molecular complexity index is 686. The number of likely N-dealkylation sites (tertiary alicyclic amines) is 2. The standard InChI is InChI=1S/C24H37N3O3/c1-18(2)9-12-25-24(29)27-15-21(17-30-22-7-5-4-6-8-22)23(16-27)20-10-13-26(14-11-20)19(3)28/h4-8,18,20-21,23H,9-17H2,1-3H3,(H,25,29)/t21-,23-/m0/s1. The number of amides is 3. The Kier molecular flexibility index (Phi) is 8.00. The van der Waals surface area contributed by atoms with Crippen molar-refractivity contribution in [1.29, 1.82) is 0 Å². The van der Waals surface area contributed by atoms with E-state index in [1.165, 1.54) is 0 Å². The van der Waals surface area contributed by atoms with Crippen LogP contribution in [0.25, 0.3) is 0 Å². The lowest BCUT2D eigenvalue weighted by atomic mass is 9.79. The van der Waals surface area contributed by atoms with Gasteiger partial charge >= 0.3 is 6.03 Å². The summed E-state index contributed by atoms with van der Waals surface area (Å²) in [6.45, 7) is 10.5. The summed E-state index contributed by atoms with van der Waals surface area (Å²) in [6, 6.07) is 9.94. The minimum Gasteiger partial charge on any atom is -0.493 e. The number of urea groups is 1. The first-order valence-corrected chi connectivity index (χ1v) is 11.4. The van der Waals surface area contributed by atoms with Gasteiger partial charge in [-0.15, -0.1) is 0 Å². The van der Waals surface area contributed by atoms with Crippen LogP contribution in [0.1, 0.15) is 40.0 Å². The van der Waals surface area contributed by atoms with Gasteiger partial charge in [-0.3, -0.25) is 4.79 Å². The van der Waals surface area contributed by atoms with Crippen LogP contribution in [0.3, 0.4) is 0 Å². The molecule has 0 aliphatic carbocycles. The Balaban J connectivity index is 1.60. The molecule has 2 saturated heterocycles. The van der Waals surface area contributed by atoms with Crippen LogP contribution in [0.4, 0.5) is 4.79 Å². The Morgan fingerprint density at radius 1 is 1.10 bits per heavy atom. The SMILES string of the molecule is CC(=O)N1CCC([C@@H]2CN(C(=O)NCCC(C)C)C[C@H]2COc2ccccc2)CC1. The zero-order valence-electron chi connectivity index (χ0n) is 18.7. The van der Waals surface area contributed by atoms with E-state index in [1.54, 1.807) is 6.92 Å². The summed E-state index contributed by atoms with van der Waals surface area (Å²) in [4.78, 5) is 28.3. The van der Waals surface area contributed by atoms with E-state index < -0.39 is 0 Å². The second-order valence-electron chi connectivity index (χ2n) is 9.21. The van der Waals surface area contributed by atoms with E-state index in [4.69, 9.17) is 4.74 Å². The molecular weight excluding hydrogens is 378 g/mol. The molecule has 6 nitrogen and oxygen atoms in total. The van der Waals surface area contributed by atoms with E-state index in [1.807, 2.05) is 40.1 Å². The maximum atomic E-state index is 12.7. The number of hydrogen-bond donors (Lipinski definition) is 1. The van der Waals surface area contributed by atoms with Crippen LogP contribution in [-0.2, 0) is 4.79 Å². The lowest BCUT2D eigenvalue weighted by Gasteiger charge is -2.36. The Labute approximate surface area is 180 Å². The van der Waals surface area contributed by atoms with Gasteiger partial charge in [0, 0.05) is 45.6 Å². The van der Waals surface area contributed by atoms with Gasteiger partial charge in [0.25, 0.3) is 0 Å². The molecule has 2 heterocycles. The lowest BCUT2D eigenvalue weighted by molar-refractivity contribution is -0.130. The topological polar surface area (TPSA) is 61.9 Å². The molecule has 2 atom stereocenters. The molecule has 166 valence electrons. The van der Waals surface area contributed by atoms with Gasteiger partial charge in [-0.05, 0) is 49.1 Å². The summed E-state index contributed by atoms with van der Waals surface area (Å²) in [6.07, 6.45) is 3.01. The van der Waals surface area contributed by atoms with Gasteiger partial charge in [0.1, 0.15) is 5.75 Å². The van der Waals surface area contributed by atoms with Crippen molar-refractivity contribution in [2.45, 2.75) is 40.0 Å². The number of piperidine rings is 1. The van der Waals surface area contributed by atoms with Crippen LogP contribution in [-0.4, -0.2) is 61.1 Å². The molecule has 0 saturated carbocycles. The number of benzene rings is 1. The average molecular weight is 416 g/mol. The van der Waals surface area contributed by atoms with Crippen molar-refractivity contribution in [1.82, 2.24) is 15.1 Å². The molecule has 2 aliphatic heterocycles. The minimum absolute atomic E-state index is 0.0454. The quantitative estimate of drug-likeness (QED) is 0.740. The molecular formula is C24H37N3O3. The van der Waals surface area contributed by atoms with Crippen molar-refractivity contribution in [3.8, 4) is 5.75 Å². The summed E-state index contributed by atoms with van der Waals surface area (Å²) in [5.74, 6) is 2.87. The predicted octanol–water partition coefficient (Wildman–Crippen LogP) is 3.63. The summed E-state index contributed by atoms with van der Waals surface area (Å²) in [5.41, 5.74) is 0. The van der Waals surface area contributed by atoms with Crippen LogP contribution in [0.2, 0.25) is 0 Å². The average Bonchev–Trinajstić information content (AvgIpc) is 3.17. The van der Waals surface area contributed by atoms with Crippen LogP contribution in [0.5, 0.6) is 5.75 Å². The van der Waals surface area contributed by atoms with Crippen LogP contribution >= 0.6 is 0 Å². The van der Waals surface area contributed by atoms with Crippen molar-refractivity contribution in [3.05, 3.63) is 30.3 Å². The molecule has 0 radical (unpaired) electrons. The molecule has 0 bridgehead atoms. The maximum absolute atomic E-state index is 12.7. The van der Waals surface area contributed by atoms with Gasteiger partial charge in [-0.2, -0.15) is 0 Å². The third kappa shape index (κ3) is 6.13. The molecule has 1 N–H and O–H groups in total. The van der Waals surface area contributed by atoms with Gasteiger partial charge in [-0.1, -0.05) is 32.0 Å². The highest BCUT2D eigenvalue weighted by molar-refractivity contribution is 5.74. The molecule has 3 rings (SSSR count). The Morgan fingerprint density at radius 2 is 1.80 bits per heavy atom. The first-order valence-electron chi connectivity index (χ1n) is 11.4. The van der Waals surface area contributed by atoms with Crippen molar-refractivity contribution < 1.29 is 14.3 Å². The fourth-order valence-electron chi connectivity index (χ4n) is 4.71. The largest absolute Gasteiger partial charge is 0.493 e. The number of carbonyl (C=O) groups excluding carboxylic acids is 2. The minimum atomic E-state index is 0.0454. The fourth-order valence-corrected chi connectivity index (χ4v) is 4.71. The van der Waals surface area contributed by atoms with Gasteiger partial charge in [-0.25, -0.2) is 4.79 Å². The van der Waals surface area contributed by atoms with Crippen LogP contribution in [0, 0.1) is 23.7 Å². The van der Waals surface area contributed by atoms with E-state index in [-0.39, 0.29) is 11.9 Å². The van der Waals surface area contributed by atoms with E-state index in [2.05, 4.69) is 19.2 Å². The molecule has 30 heavy (non-hydrogen) atoms.